The highest BCUT2D eigenvalue weighted by Crippen LogP contribution is 2.47. The molecule has 0 aliphatic heterocycles. The second-order valence-electron chi connectivity index (χ2n) is 6.63. The zero-order valence-electron chi connectivity index (χ0n) is 13.0. The Morgan fingerprint density at radius 2 is 1.91 bits per heavy atom. The Morgan fingerprint density at radius 1 is 1.09 bits per heavy atom. The lowest BCUT2D eigenvalue weighted by Crippen LogP contribution is -2.23. The number of allylic oxidation sites excluding steroid dienone is 1. The van der Waals surface area contributed by atoms with Crippen molar-refractivity contribution in [3.63, 3.8) is 0 Å². The topological polar surface area (TPSA) is 0 Å². The summed E-state index contributed by atoms with van der Waals surface area (Å²) in [6.45, 7) is 2.32. The summed E-state index contributed by atoms with van der Waals surface area (Å²) in [5, 5.41) is 0.492. The summed E-state index contributed by atoms with van der Waals surface area (Å²) < 4.78 is 0. The summed E-state index contributed by atoms with van der Waals surface area (Å²) in [5.74, 6) is 1.25. The van der Waals surface area contributed by atoms with Crippen LogP contribution in [0.4, 0.5) is 0 Å². The molecule has 0 fully saturated rings. The second kappa shape index (κ2) is 5.62. The molecule has 0 saturated heterocycles. The average Bonchev–Trinajstić information content (AvgIpc) is 3.02. The van der Waals surface area contributed by atoms with Crippen LogP contribution in [-0.2, 0) is 19.0 Å². The minimum Gasteiger partial charge on any atom is -0.0795 e. The summed E-state index contributed by atoms with van der Waals surface area (Å²) in [6, 6.07) is 15.9. The fourth-order valence-electron chi connectivity index (χ4n) is 4.14. The molecular formula is C21H23S+. The zero-order chi connectivity index (χ0) is 15.1. The van der Waals surface area contributed by atoms with Crippen LogP contribution in [0.15, 0.2) is 48.5 Å². The number of rotatable bonds is 2. The fraction of sp³-hybridized carbons (Fsp3) is 0.333. The van der Waals surface area contributed by atoms with Crippen LogP contribution in [0, 0.1) is 5.92 Å². The van der Waals surface area contributed by atoms with E-state index in [4.69, 9.17) is 0 Å². The molecule has 2 aliphatic rings. The van der Waals surface area contributed by atoms with Crippen molar-refractivity contribution in [1.82, 2.24) is 0 Å². The van der Waals surface area contributed by atoms with E-state index >= 15 is 0 Å². The van der Waals surface area contributed by atoms with E-state index in [1.54, 1.807) is 0 Å². The Labute approximate surface area is 138 Å². The first-order valence-corrected chi connectivity index (χ1v) is 8.95. The van der Waals surface area contributed by atoms with Gasteiger partial charge >= 0.3 is 0 Å². The molecule has 2 aliphatic carbocycles. The Morgan fingerprint density at radius 3 is 2.68 bits per heavy atom. The summed E-state index contributed by atoms with van der Waals surface area (Å²) in [6.07, 6.45) is 8.13. The molecule has 2 aromatic carbocycles. The van der Waals surface area contributed by atoms with Gasteiger partial charge in [-0.2, -0.15) is 0 Å². The fourth-order valence-corrected chi connectivity index (χ4v) is 4.76. The van der Waals surface area contributed by atoms with Crippen molar-refractivity contribution in [2.45, 2.75) is 37.4 Å². The first kappa shape index (κ1) is 14.1. The molecule has 0 saturated carbocycles. The van der Waals surface area contributed by atoms with Crippen LogP contribution in [-0.4, -0.2) is 0 Å². The van der Waals surface area contributed by atoms with E-state index in [0.717, 1.165) is 6.42 Å². The third-order valence-electron chi connectivity index (χ3n) is 5.43. The Kier molecular flexibility index (Phi) is 3.62. The normalized spacial score (nSPS) is 25.8. The van der Waals surface area contributed by atoms with E-state index in [9.17, 15) is 0 Å². The number of benzene rings is 2. The van der Waals surface area contributed by atoms with Crippen LogP contribution in [0.2, 0.25) is 0 Å². The maximum absolute atomic E-state index is 4.06. The van der Waals surface area contributed by atoms with Gasteiger partial charge in [-0.1, -0.05) is 55.5 Å². The molecule has 0 heterocycles. The molecule has 3 unspecified atom stereocenters. The molecule has 2 aromatic rings. The van der Waals surface area contributed by atoms with E-state index in [2.05, 4.69) is 74.2 Å². The zero-order valence-corrected chi connectivity index (χ0v) is 14.0. The summed E-state index contributed by atoms with van der Waals surface area (Å²) in [5.41, 5.74) is 7.43. The summed E-state index contributed by atoms with van der Waals surface area (Å²) in [7, 11) is 0. The molecule has 1 heteroatoms. The van der Waals surface area contributed by atoms with Crippen LogP contribution in [0.25, 0.3) is 6.08 Å². The minimum absolute atomic E-state index is 0.492. The lowest BCUT2D eigenvalue weighted by molar-refractivity contribution is 0.410. The van der Waals surface area contributed by atoms with Gasteiger partial charge in [-0.05, 0) is 60.2 Å². The van der Waals surface area contributed by atoms with Crippen LogP contribution < -0.4 is 0 Å². The monoisotopic (exact) mass is 307 g/mol. The molecule has 22 heavy (non-hydrogen) atoms. The van der Waals surface area contributed by atoms with E-state index in [1.165, 1.54) is 40.7 Å². The van der Waals surface area contributed by atoms with Crippen LogP contribution >= 0.6 is 0 Å². The number of fused-ring (bicyclic) bond motifs is 2. The van der Waals surface area contributed by atoms with E-state index in [1.807, 2.05) is 0 Å². The molecular weight excluding hydrogens is 284 g/mol. The quantitative estimate of drug-likeness (QED) is 0.694. The van der Waals surface area contributed by atoms with Gasteiger partial charge in [0.15, 0.2) is 0 Å². The maximum atomic E-state index is 4.06. The van der Waals surface area contributed by atoms with Crippen molar-refractivity contribution >= 4 is 18.7 Å². The van der Waals surface area contributed by atoms with E-state index in [-0.39, 0.29) is 0 Å². The van der Waals surface area contributed by atoms with Crippen LogP contribution in [0.5, 0.6) is 0 Å². The van der Waals surface area contributed by atoms with Crippen molar-refractivity contribution in [2.75, 3.05) is 0 Å². The maximum Gasteiger partial charge on any atom is 0.141 e. The van der Waals surface area contributed by atoms with Gasteiger partial charge < -0.3 is 0 Å². The second-order valence-corrected chi connectivity index (χ2v) is 7.25. The van der Waals surface area contributed by atoms with Gasteiger partial charge in [-0.3, -0.25) is 0 Å². The van der Waals surface area contributed by atoms with Crippen molar-refractivity contribution in [2.24, 2.45) is 5.92 Å². The molecule has 0 amide bonds. The van der Waals surface area contributed by atoms with Gasteiger partial charge in [-0.15, -0.1) is 0 Å². The SMILES string of the molecule is CCC1CC(c2ccccc2)c2cc3c(cc2C1[SH2+])CC=C3. The molecule has 4 rings (SSSR count). The molecule has 0 spiro atoms. The first-order valence-electron chi connectivity index (χ1n) is 8.37. The molecule has 3 atom stereocenters. The van der Waals surface area contributed by atoms with Crippen molar-refractivity contribution in [3.05, 3.63) is 76.4 Å². The first-order chi connectivity index (χ1) is 10.8. The standard InChI is InChI=1S/C21H22S/c1-2-14-11-18(15-7-4-3-5-8-15)19-12-16-9-6-10-17(16)13-20(19)21(14)22/h3-9,12-14,18,21-22H,2,10-11H2,1H3/p+1. The highest BCUT2D eigenvalue weighted by molar-refractivity contribution is 7.59. The Hall–Kier alpha value is -1.47. The Balaban J connectivity index is 1.87. The largest absolute Gasteiger partial charge is 0.141 e. The lowest BCUT2D eigenvalue weighted by Gasteiger charge is -2.33. The average molecular weight is 307 g/mol. The van der Waals surface area contributed by atoms with Gasteiger partial charge in [0.1, 0.15) is 5.25 Å². The van der Waals surface area contributed by atoms with Gasteiger partial charge in [0, 0.05) is 17.4 Å². The highest BCUT2D eigenvalue weighted by atomic mass is 32.1. The number of hydrogen-bond donors (Lipinski definition) is 0. The van der Waals surface area contributed by atoms with Crippen LogP contribution in [0.3, 0.4) is 0 Å². The van der Waals surface area contributed by atoms with Crippen LogP contribution in [0.1, 0.15) is 58.8 Å². The Bertz CT molecular complexity index is 714. The predicted molar refractivity (Wildman–Crippen MR) is 98.8 cm³/mol. The molecule has 0 aromatic heterocycles. The summed E-state index contributed by atoms with van der Waals surface area (Å²) in [4.78, 5) is 0. The van der Waals surface area contributed by atoms with Crippen molar-refractivity contribution < 1.29 is 0 Å². The van der Waals surface area contributed by atoms with Crippen molar-refractivity contribution in [1.29, 1.82) is 0 Å². The summed E-state index contributed by atoms with van der Waals surface area (Å²) >= 11 is 4.06. The van der Waals surface area contributed by atoms with E-state index < -0.39 is 0 Å². The minimum atomic E-state index is 0.492. The third kappa shape index (κ3) is 2.23. The molecule has 0 radical (unpaired) electrons. The molecule has 0 N–H and O–H groups in total. The lowest BCUT2D eigenvalue weighted by atomic mass is 9.72. The molecule has 112 valence electrons. The van der Waals surface area contributed by atoms with E-state index in [0.29, 0.717) is 17.1 Å². The highest BCUT2D eigenvalue weighted by Gasteiger charge is 2.36. The molecule has 0 bridgehead atoms. The smallest absolute Gasteiger partial charge is 0.0795 e. The van der Waals surface area contributed by atoms with Gasteiger partial charge in [-0.25, -0.2) is 0 Å². The van der Waals surface area contributed by atoms with Gasteiger partial charge in [0.05, 0.1) is 0 Å². The van der Waals surface area contributed by atoms with Crippen molar-refractivity contribution in [3.8, 4) is 0 Å². The predicted octanol–water partition coefficient (Wildman–Crippen LogP) is 4.87. The molecule has 0 nitrogen and oxygen atoms in total. The van der Waals surface area contributed by atoms with Gasteiger partial charge in [0.25, 0.3) is 0 Å². The number of hydrogen-bond acceptors (Lipinski definition) is 0. The third-order valence-corrected chi connectivity index (χ3v) is 6.21. The van der Waals surface area contributed by atoms with Gasteiger partial charge in [0.2, 0.25) is 0 Å².